The Kier molecular flexibility index (Phi) is 7.08. The summed E-state index contributed by atoms with van der Waals surface area (Å²) in [5.74, 6) is 0. The second-order valence-electron chi connectivity index (χ2n) is 2.06. The van der Waals surface area contributed by atoms with Crippen LogP contribution < -0.4 is 0 Å². The molecule has 0 aromatic carbocycles. The van der Waals surface area contributed by atoms with Gasteiger partial charge in [0, 0.05) is 27.3 Å². The van der Waals surface area contributed by atoms with E-state index in [1.54, 1.807) is 20.6 Å². The average Bonchev–Trinajstić information content (AvgIpc) is 2.05. The Morgan fingerprint density at radius 3 is 1.91 bits per heavy atom. The van der Waals surface area contributed by atoms with Crippen molar-refractivity contribution in [2.45, 2.75) is 0 Å². The lowest BCUT2D eigenvalue weighted by Gasteiger charge is -2.14. The molecule has 0 aliphatic rings. The van der Waals surface area contributed by atoms with E-state index in [-0.39, 0.29) is 0 Å². The van der Waals surface area contributed by atoms with E-state index in [4.69, 9.17) is 9.47 Å². The lowest BCUT2D eigenvalue weighted by Crippen LogP contribution is -2.29. The van der Waals surface area contributed by atoms with Crippen molar-refractivity contribution >= 4 is 6.41 Å². The lowest BCUT2D eigenvalue weighted by atomic mass is 10.5. The SMILES string of the molecule is COCCN([C]=O)CCOC. The van der Waals surface area contributed by atoms with Crippen LogP contribution in [0.15, 0.2) is 0 Å². The molecular weight excluding hydrogens is 146 g/mol. The number of methoxy groups -OCH3 is 2. The van der Waals surface area contributed by atoms with Crippen LogP contribution in [0, 0.1) is 0 Å². The number of nitrogens with zero attached hydrogens (tertiary/aromatic N) is 1. The predicted octanol–water partition coefficient (Wildman–Crippen LogP) is -0.352. The summed E-state index contributed by atoms with van der Waals surface area (Å²) in [5, 5.41) is 0. The fraction of sp³-hybridized carbons (Fsp3) is 0.857. The summed E-state index contributed by atoms with van der Waals surface area (Å²) < 4.78 is 9.59. The topological polar surface area (TPSA) is 38.8 Å². The summed E-state index contributed by atoms with van der Waals surface area (Å²) >= 11 is 0. The van der Waals surface area contributed by atoms with Gasteiger partial charge in [0.05, 0.1) is 13.2 Å². The summed E-state index contributed by atoms with van der Waals surface area (Å²) in [6, 6.07) is 0. The minimum atomic E-state index is 0.541. The third-order valence-corrected chi connectivity index (χ3v) is 1.26. The van der Waals surface area contributed by atoms with Crippen LogP contribution in [0.3, 0.4) is 0 Å². The van der Waals surface area contributed by atoms with Crippen molar-refractivity contribution in [1.29, 1.82) is 0 Å². The summed E-state index contributed by atoms with van der Waals surface area (Å²) in [6.45, 7) is 2.23. The molecule has 4 heteroatoms. The number of amides is 1. The molecule has 0 fully saturated rings. The maximum Gasteiger partial charge on any atom is 0.312 e. The van der Waals surface area contributed by atoms with Gasteiger partial charge < -0.3 is 14.4 Å². The van der Waals surface area contributed by atoms with Gasteiger partial charge in [-0.15, -0.1) is 0 Å². The van der Waals surface area contributed by atoms with Gasteiger partial charge in [-0.3, -0.25) is 4.79 Å². The summed E-state index contributed by atoms with van der Waals surface area (Å²) in [5.41, 5.74) is 0. The van der Waals surface area contributed by atoms with Gasteiger partial charge in [-0.25, -0.2) is 0 Å². The predicted molar refractivity (Wildman–Crippen MR) is 41.0 cm³/mol. The Balaban J connectivity index is 3.33. The minimum absolute atomic E-state index is 0.541. The van der Waals surface area contributed by atoms with E-state index in [0.717, 1.165) is 0 Å². The van der Waals surface area contributed by atoms with E-state index in [9.17, 15) is 4.79 Å². The molecule has 0 unspecified atom stereocenters. The van der Waals surface area contributed by atoms with Gasteiger partial charge >= 0.3 is 6.41 Å². The molecule has 1 amide bonds. The molecule has 11 heavy (non-hydrogen) atoms. The van der Waals surface area contributed by atoms with Gasteiger partial charge in [-0.1, -0.05) is 0 Å². The maximum atomic E-state index is 10.2. The molecule has 0 bridgehead atoms. The molecule has 4 nitrogen and oxygen atoms in total. The van der Waals surface area contributed by atoms with Crippen LogP contribution in [0.1, 0.15) is 0 Å². The van der Waals surface area contributed by atoms with Gasteiger partial charge in [0.25, 0.3) is 0 Å². The standard InChI is InChI=1S/C7H14NO3/c1-10-5-3-8(7-9)4-6-11-2/h3-6H2,1-2H3. The zero-order chi connectivity index (χ0) is 8.53. The molecule has 0 N–H and O–H groups in total. The lowest BCUT2D eigenvalue weighted by molar-refractivity contribution is 0.144. The van der Waals surface area contributed by atoms with Crippen LogP contribution >= 0.6 is 0 Å². The Bertz CT molecular complexity index is 89.7. The smallest absolute Gasteiger partial charge is 0.312 e. The highest BCUT2D eigenvalue weighted by Gasteiger charge is 2.00. The zero-order valence-electron chi connectivity index (χ0n) is 7.00. The number of ether oxygens (including phenoxy) is 2. The van der Waals surface area contributed by atoms with Crippen LogP contribution in [0.4, 0.5) is 0 Å². The second kappa shape index (κ2) is 7.50. The van der Waals surface area contributed by atoms with E-state index < -0.39 is 0 Å². The van der Waals surface area contributed by atoms with Crippen LogP contribution in [0.25, 0.3) is 0 Å². The van der Waals surface area contributed by atoms with Gasteiger partial charge in [0.1, 0.15) is 0 Å². The van der Waals surface area contributed by atoms with Crippen molar-refractivity contribution in [3.8, 4) is 0 Å². The van der Waals surface area contributed by atoms with E-state index in [0.29, 0.717) is 26.3 Å². The maximum absolute atomic E-state index is 10.2. The molecule has 0 aromatic heterocycles. The number of hydrogen-bond acceptors (Lipinski definition) is 3. The van der Waals surface area contributed by atoms with Crippen molar-refractivity contribution in [3.05, 3.63) is 0 Å². The quantitative estimate of drug-likeness (QED) is 0.478. The number of rotatable bonds is 7. The molecule has 0 aliphatic carbocycles. The van der Waals surface area contributed by atoms with Gasteiger partial charge in [0.2, 0.25) is 0 Å². The van der Waals surface area contributed by atoms with E-state index in [1.165, 1.54) is 4.90 Å². The number of hydrogen-bond donors (Lipinski definition) is 0. The molecule has 0 heterocycles. The monoisotopic (exact) mass is 160 g/mol. The fourth-order valence-corrected chi connectivity index (χ4v) is 0.606. The van der Waals surface area contributed by atoms with Gasteiger partial charge in [-0.05, 0) is 0 Å². The Hall–Kier alpha value is -0.610. The zero-order valence-corrected chi connectivity index (χ0v) is 7.00. The third kappa shape index (κ3) is 5.82. The summed E-state index contributed by atoms with van der Waals surface area (Å²) in [6.07, 6.45) is 1.80. The Labute approximate surface area is 67.1 Å². The Morgan fingerprint density at radius 2 is 1.64 bits per heavy atom. The fourth-order valence-electron chi connectivity index (χ4n) is 0.606. The van der Waals surface area contributed by atoms with Crippen molar-refractivity contribution in [2.75, 3.05) is 40.5 Å². The third-order valence-electron chi connectivity index (χ3n) is 1.26. The van der Waals surface area contributed by atoms with Crippen molar-refractivity contribution in [2.24, 2.45) is 0 Å². The molecule has 1 radical (unpaired) electrons. The minimum Gasteiger partial charge on any atom is -0.383 e. The Morgan fingerprint density at radius 1 is 1.18 bits per heavy atom. The van der Waals surface area contributed by atoms with Gasteiger partial charge in [-0.2, -0.15) is 0 Å². The van der Waals surface area contributed by atoms with Crippen LogP contribution in [-0.2, 0) is 14.3 Å². The molecule has 0 atom stereocenters. The first-order chi connectivity index (χ1) is 5.35. The van der Waals surface area contributed by atoms with Crippen molar-refractivity contribution in [3.63, 3.8) is 0 Å². The summed E-state index contributed by atoms with van der Waals surface area (Å²) in [4.78, 5) is 11.7. The van der Waals surface area contributed by atoms with Crippen molar-refractivity contribution in [1.82, 2.24) is 4.90 Å². The normalized spacial score (nSPS) is 9.64. The highest BCUT2D eigenvalue weighted by atomic mass is 16.5. The summed E-state index contributed by atoms with van der Waals surface area (Å²) in [7, 11) is 3.19. The first kappa shape index (κ1) is 10.4. The highest BCUT2D eigenvalue weighted by Crippen LogP contribution is 1.82. The molecule has 0 saturated heterocycles. The number of carbonyl (C=O) groups excluding carboxylic acids is 1. The molecule has 65 valence electrons. The second-order valence-corrected chi connectivity index (χ2v) is 2.06. The largest absolute Gasteiger partial charge is 0.383 e. The average molecular weight is 160 g/mol. The molecule has 0 aromatic rings. The van der Waals surface area contributed by atoms with Gasteiger partial charge in [0.15, 0.2) is 0 Å². The van der Waals surface area contributed by atoms with Crippen LogP contribution in [0.5, 0.6) is 0 Å². The molecule has 0 saturated carbocycles. The molecular formula is C7H14NO3. The van der Waals surface area contributed by atoms with E-state index >= 15 is 0 Å². The van der Waals surface area contributed by atoms with Crippen LogP contribution in [0.2, 0.25) is 0 Å². The van der Waals surface area contributed by atoms with E-state index in [1.807, 2.05) is 0 Å². The van der Waals surface area contributed by atoms with Crippen molar-refractivity contribution < 1.29 is 14.3 Å². The molecule has 0 rings (SSSR count). The highest BCUT2D eigenvalue weighted by molar-refractivity contribution is 5.47. The molecule has 0 spiro atoms. The van der Waals surface area contributed by atoms with Crippen LogP contribution in [-0.4, -0.2) is 51.8 Å². The first-order valence-electron chi connectivity index (χ1n) is 3.45. The molecule has 0 aliphatic heterocycles. The first-order valence-corrected chi connectivity index (χ1v) is 3.45. The van der Waals surface area contributed by atoms with E-state index in [2.05, 4.69) is 0 Å².